The van der Waals surface area contributed by atoms with Crippen molar-refractivity contribution < 1.29 is 4.74 Å². The summed E-state index contributed by atoms with van der Waals surface area (Å²) in [7, 11) is 0. The Morgan fingerprint density at radius 1 is 1.38 bits per heavy atom. The van der Waals surface area contributed by atoms with Gasteiger partial charge in [-0.15, -0.1) is 0 Å². The van der Waals surface area contributed by atoms with Crippen molar-refractivity contribution in [1.82, 2.24) is 10.2 Å². The number of nitrogens with zero attached hydrogens (tertiary/aromatic N) is 1. The Labute approximate surface area is 128 Å². The van der Waals surface area contributed by atoms with Crippen molar-refractivity contribution in [3.05, 3.63) is 29.3 Å². The van der Waals surface area contributed by atoms with E-state index in [1.165, 1.54) is 37.1 Å². The van der Waals surface area contributed by atoms with E-state index >= 15 is 0 Å². The van der Waals surface area contributed by atoms with Crippen LogP contribution in [-0.2, 0) is 12.8 Å². The van der Waals surface area contributed by atoms with E-state index < -0.39 is 0 Å². The van der Waals surface area contributed by atoms with Crippen LogP contribution in [0, 0.1) is 0 Å². The van der Waals surface area contributed by atoms with Crippen LogP contribution < -0.4 is 10.1 Å². The zero-order chi connectivity index (χ0) is 14.7. The third-order valence-electron chi connectivity index (χ3n) is 4.79. The Morgan fingerprint density at radius 3 is 3.14 bits per heavy atom. The van der Waals surface area contributed by atoms with Gasteiger partial charge in [-0.2, -0.15) is 0 Å². The van der Waals surface area contributed by atoms with Gasteiger partial charge in [0.05, 0.1) is 6.61 Å². The SMILES string of the molecule is CCCC1CNC(C)CN1CCc1ccc2c(c1)CCO2. The van der Waals surface area contributed by atoms with Gasteiger partial charge in [0.2, 0.25) is 0 Å². The predicted molar refractivity (Wildman–Crippen MR) is 87.1 cm³/mol. The molecule has 116 valence electrons. The summed E-state index contributed by atoms with van der Waals surface area (Å²) < 4.78 is 5.59. The smallest absolute Gasteiger partial charge is 0.122 e. The summed E-state index contributed by atoms with van der Waals surface area (Å²) in [6, 6.07) is 8.07. The van der Waals surface area contributed by atoms with Crippen LogP contribution in [0.2, 0.25) is 0 Å². The maximum absolute atomic E-state index is 5.59. The van der Waals surface area contributed by atoms with E-state index in [9.17, 15) is 0 Å². The van der Waals surface area contributed by atoms with Gasteiger partial charge in [0, 0.05) is 38.1 Å². The second-order valence-electron chi connectivity index (χ2n) is 6.54. The summed E-state index contributed by atoms with van der Waals surface area (Å²) in [5, 5.41) is 3.62. The van der Waals surface area contributed by atoms with Gasteiger partial charge in [-0.25, -0.2) is 0 Å². The molecule has 1 aromatic rings. The molecule has 1 saturated heterocycles. The summed E-state index contributed by atoms with van der Waals surface area (Å²) in [5.41, 5.74) is 2.85. The molecule has 0 bridgehead atoms. The van der Waals surface area contributed by atoms with Crippen molar-refractivity contribution in [3.63, 3.8) is 0 Å². The Kier molecular flexibility index (Phi) is 4.81. The molecule has 3 nitrogen and oxygen atoms in total. The Bertz CT molecular complexity index is 474. The fourth-order valence-corrected chi connectivity index (χ4v) is 3.59. The van der Waals surface area contributed by atoms with Crippen LogP contribution in [0.1, 0.15) is 37.8 Å². The molecule has 0 radical (unpaired) electrons. The van der Waals surface area contributed by atoms with Gasteiger partial charge in [-0.3, -0.25) is 4.90 Å². The largest absolute Gasteiger partial charge is 0.493 e. The molecule has 0 saturated carbocycles. The van der Waals surface area contributed by atoms with Crippen LogP contribution in [0.25, 0.3) is 0 Å². The fraction of sp³-hybridized carbons (Fsp3) is 0.667. The summed E-state index contributed by atoms with van der Waals surface area (Å²) in [5.74, 6) is 1.10. The molecule has 21 heavy (non-hydrogen) atoms. The van der Waals surface area contributed by atoms with E-state index in [-0.39, 0.29) is 0 Å². The van der Waals surface area contributed by atoms with Crippen LogP contribution in [0.5, 0.6) is 5.75 Å². The molecular formula is C18H28N2O. The molecule has 1 N–H and O–H groups in total. The Morgan fingerprint density at radius 2 is 2.29 bits per heavy atom. The number of benzene rings is 1. The first-order valence-electron chi connectivity index (χ1n) is 8.48. The summed E-state index contributed by atoms with van der Waals surface area (Å²) in [6.07, 6.45) is 4.80. The highest BCUT2D eigenvalue weighted by Gasteiger charge is 2.24. The lowest BCUT2D eigenvalue weighted by Gasteiger charge is -2.39. The van der Waals surface area contributed by atoms with E-state index in [2.05, 4.69) is 42.3 Å². The average Bonchev–Trinajstić information content (AvgIpc) is 2.95. The molecule has 2 unspecified atom stereocenters. The van der Waals surface area contributed by atoms with Crippen LogP contribution in [-0.4, -0.2) is 43.2 Å². The van der Waals surface area contributed by atoms with Gasteiger partial charge >= 0.3 is 0 Å². The third kappa shape index (κ3) is 3.58. The van der Waals surface area contributed by atoms with E-state index in [4.69, 9.17) is 4.74 Å². The Balaban J connectivity index is 1.59. The van der Waals surface area contributed by atoms with Gasteiger partial charge in [0.1, 0.15) is 5.75 Å². The van der Waals surface area contributed by atoms with Gasteiger partial charge in [-0.05, 0) is 37.0 Å². The zero-order valence-corrected chi connectivity index (χ0v) is 13.4. The number of fused-ring (bicyclic) bond motifs is 1. The van der Waals surface area contributed by atoms with Gasteiger partial charge in [0.25, 0.3) is 0 Å². The minimum atomic E-state index is 0.617. The van der Waals surface area contributed by atoms with Crippen molar-refractivity contribution in [2.45, 2.75) is 51.6 Å². The highest BCUT2D eigenvalue weighted by molar-refractivity contribution is 5.39. The number of hydrogen-bond donors (Lipinski definition) is 1. The van der Waals surface area contributed by atoms with Crippen molar-refractivity contribution >= 4 is 0 Å². The maximum atomic E-state index is 5.59. The molecule has 0 aromatic heterocycles. The second kappa shape index (κ2) is 6.80. The summed E-state index contributed by atoms with van der Waals surface area (Å²) in [4.78, 5) is 2.69. The molecule has 3 rings (SSSR count). The van der Waals surface area contributed by atoms with Gasteiger partial charge in [-0.1, -0.05) is 25.5 Å². The maximum Gasteiger partial charge on any atom is 0.122 e. The average molecular weight is 288 g/mol. The van der Waals surface area contributed by atoms with Crippen LogP contribution in [0.4, 0.5) is 0 Å². The van der Waals surface area contributed by atoms with Crippen LogP contribution in [0.15, 0.2) is 18.2 Å². The van der Waals surface area contributed by atoms with Crippen molar-refractivity contribution in [1.29, 1.82) is 0 Å². The first-order valence-corrected chi connectivity index (χ1v) is 8.48. The lowest BCUT2D eigenvalue weighted by Crippen LogP contribution is -2.55. The highest BCUT2D eigenvalue weighted by atomic mass is 16.5. The molecule has 1 aromatic carbocycles. The minimum Gasteiger partial charge on any atom is -0.493 e. The quantitative estimate of drug-likeness (QED) is 0.901. The lowest BCUT2D eigenvalue weighted by atomic mass is 10.0. The van der Waals surface area contributed by atoms with Crippen molar-refractivity contribution in [2.24, 2.45) is 0 Å². The van der Waals surface area contributed by atoms with E-state index in [0.717, 1.165) is 31.7 Å². The molecule has 0 aliphatic carbocycles. The Hall–Kier alpha value is -1.06. The van der Waals surface area contributed by atoms with E-state index in [1.807, 2.05) is 0 Å². The molecule has 2 aliphatic heterocycles. The monoisotopic (exact) mass is 288 g/mol. The molecular weight excluding hydrogens is 260 g/mol. The molecule has 0 spiro atoms. The number of nitrogens with one attached hydrogen (secondary N) is 1. The third-order valence-corrected chi connectivity index (χ3v) is 4.79. The first-order chi connectivity index (χ1) is 10.3. The molecule has 0 amide bonds. The van der Waals surface area contributed by atoms with E-state index in [0.29, 0.717) is 12.1 Å². The summed E-state index contributed by atoms with van der Waals surface area (Å²) in [6.45, 7) is 8.94. The second-order valence-corrected chi connectivity index (χ2v) is 6.54. The van der Waals surface area contributed by atoms with Crippen molar-refractivity contribution in [2.75, 3.05) is 26.2 Å². The molecule has 2 aliphatic rings. The highest BCUT2D eigenvalue weighted by Crippen LogP contribution is 2.26. The normalized spacial score (nSPS) is 25.6. The molecule has 2 heterocycles. The van der Waals surface area contributed by atoms with Gasteiger partial charge in [0.15, 0.2) is 0 Å². The number of rotatable bonds is 5. The lowest BCUT2D eigenvalue weighted by molar-refractivity contribution is 0.129. The topological polar surface area (TPSA) is 24.5 Å². The number of hydrogen-bond acceptors (Lipinski definition) is 3. The predicted octanol–water partition coefficient (Wildman–Crippen LogP) is 2.63. The molecule has 1 fully saturated rings. The standard InChI is InChI=1S/C18H28N2O/c1-3-4-17-12-19-14(2)13-20(17)9-7-15-5-6-18-16(11-15)8-10-21-18/h5-6,11,14,17,19H,3-4,7-10,12-13H2,1-2H3. The fourth-order valence-electron chi connectivity index (χ4n) is 3.59. The van der Waals surface area contributed by atoms with Crippen LogP contribution in [0.3, 0.4) is 0 Å². The molecule has 2 atom stereocenters. The van der Waals surface area contributed by atoms with Crippen molar-refractivity contribution in [3.8, 4) is 5.75 Å². The number of piperazine rings is 1. The van der Waals surface area contributed by atoms with Crippen LogP contribution >= 0.6 is 0 Å². The van der Waals surface area contributed by atoms with E-state index in [1.54, 1.807) is 0 Å². The van der Waals surface area contributed by atoms with Gasteiger partial charge < -0.3 is 10.1 Å². The first kappa shape index (κ1) is 14.9. The molecule has 3 heteroatoms. The number of ether oxygens (including phenoxy) is 1. The minimum absolute atomic E-state index is 0.617. The zero-order valence-electron chi connectivity index (χ0n) is 13.4. The summed E-state index contributed by atoms with van der Waals surface area (Å²) >= 11 is 0.